The number of hydrogen-bond donors (Lipinski definition) is 2. The van der Waals surface area contributed by atoms with Crippen LogP contribution in [0.4, 0.5) is 17.1 Å². The number of sulfonamides is 1. The first kappa shape index (κ1) is 25.8. The number of anilines is 3. The zero-order valence-electron chi connectivity index (χ0n) is 20.4. The number of carbonyl (C=O) groups is 2. The first-order valence-electron chi connectivity index (χ1n) is 10.9. The van der Waals surface area contributed by atoms with E-state index in [0.717, 1.165) is 21.0 Å². The van der Waals surface area contributed by atoms with Crippen LogP contribution in [-0.4, -0.2) is 33.9 Å². The second-order valence-electron chi connectivity index (χ2n) is 8.24. The molecule has 9 heteroatoms. The molecule has 0 radical (unpaired) electrons. The minimum absolute atomic E-state index is 0.0290. The van der Waals surface area contributed by atoms with E-state index in [1.807, 2.05) is 19.9 Å². The van der Waals surface area contributed by atoms with E-state index in [1.54, 1.807) is 55.5 Å². The summed E-state index contributed by atoms with van der Waals surface area (Å²) in [5, 5.41) is 5.37. The van der Waals surface area contributed by atoms with Crippen LogP contribution in [0.25, 0.3) is 0 Å². The van der Waals surface area contributed by atoms with Gasteiger partial charge < -0.3 is 15.4 Å². The molecule has 0 bridgehead atoms. The largest absolute Gasteiger partial charge is 0.495 e. The molecule has 0 saturated carbocycles. The maximum Gasteiger partial charge on any atom is 0.268 e. The van der Waals surface area contributed by atoms with Gasteiger partial charge in [-0.2, -0.15) is 0 Å². The van der Waals surface area contributed by atoms with E-state index in [2.05, 4.69) is 10.6 Å². The van der Waals surface area contributed by atoms with Crippen LogP contribution in [0.3, 0.4) is 0 Å². The maximum atomic E-state index is 13.8. The van der Waals surface area contributed by atoms with E-state index in [-0.39, 0.29) is 16.6 Å². The van der Waals surface area contributed by atoms with Crippen molar-refractivity contribution >= 4 is 38.9 Å². The van der Waals surface area contributed by atoms with Gasteiger partial charge in [0.05, 0.1) is 12.8 Å². The highest BCUT2D eigenvalue weighted by molar-refractivity contribution is 7.93. The summed E-state index contributed by atoms with van der Waals surface area (Å²) in [5.74, 6) is -0.598. The first-order chi connectivity index (χ1) is 16.5. The Morgan fingerprint density at radius 3 is 2.20 bits per heavy atom. The molecule has 0 aromatic heterocycles. The smallest absolute Gasteiger partial charge is 0.268 e. The third-order valence-electron chi connectivity index (χ3n) is 5.42. The topological polar surface area (TPSA) is 105 Å². The van der Waals surface area contributed by atoms with E-state index in [0.29, 0.717) is 17.1 Å². The average molecular weight is 496 g/mol. The van der Waals surface area contributed by atoms with Crippen molar-refractivity contribution in [1.29, 1.82) is 0 Å². The molecular formula is C26H29N3O5S. The van der Waals surface area contributed by atoms with Gasteiger partial charge in [0.1, 0.15) is 17.2 Å². The molecule has 2 N–H and O–H groups in total. The summed E-state index contributed by atoms with van der Waals surface area (Å²) in [4.78, 5) is 24.4. The molecule has 3 rings (SSSR count). The molecule has 0 unspecified atom stereocenters. The van der Waals surface area contributed by atoms with Gasteiger partial charge in [-0.15, -0.1) is 0 Å². The molecule has 0 fully saturated rings. The predicted octanol–water partition coefficient (Wildman–Crippen LogP) is 4.41. The minimum atomic E-state index is -4.17. The molecule has 184 valence electrons. The van der Waals surface area contributed by atoms with Crippen LogP contribution in [0.2, 0.25) is 0 Å². The number of nitrogens with one attached hydrogen (secondary N) is 2. The van der Waals surface area contributed by atoms with Crippen LogP contribution in [0.1, 0.15) is 23.6 Å². The highest BCUT2D eigenvalue weighted by atomic mass is 32.2. The zero-order valence-corrected chi connectivity index (χ0v) is 21.2. The van der Waals surface area contributed by atoms with Gasteiger partial charge in [0, 0.05) is 18.3 Å². The quantitative estimate of drug-likeness (QED) is 0.482. The predicted molar refractivity (Wildman–Crippen MR) is 138 cm³/mol. The van der Waals surface area contributed by atoms with Gasteiger partial charge in [0.25, 0.3) is 10.0 Å². The normalized spacial score (nSPS) is 11.0. The highest BCUT2D eigenvalue weighted by Gasteiger charge is 2.30. The summed E-state index contributed by atoms with van der Waals surface area (Å²) in [6, 6.07) is 16.7. The monoisotopic (exact) mass is 495 g/mol. The Balaban J connectivity index is 2.00. The molecular weight excluding hydrogens is 466 g/mol. The van der Waals surface area contributed by atoms with Crippen molar-refractivity contribution in [3.05, 3.63) is 77.4 Å². The molecule has 0 spiro atoms. The Hall–Kier alpha value is -3.85. The van der Waals surface area contributed by atoms with Crippen LogP contribution in [0.15, 0.2) is 65.6 Å². The van der Waals surface area contributed by atoms with Crippen LogP contribution < -0.4 is 19.7 Å². The van der Waals surface area contributed by atoms with E-state index < -0.39 is 22.5 Å². The Labute approximate surface area is 206 Å². The SMILES string of the molecule is COc1ccc(C)cc1S(=O)(=O)N(CC(=O)Nc1cccc(NC(C)=O)c1)c1ccc(C)c(C)c1. The summed E-state index contributed by atoms with van der Waals surface area (Å²) < 4.78 is 34.1. The number of carbonyl (C=O) groups excluding carboxylic acids is 2. The lowest BCUT2D eigenvalue weighted by Gasteiger charge is -2.26. The maximum absolute atomic E-state index is 13.8. The molecule has 3 aromatic carbocycles. The lowest BCUT2D eigenvalue weighted by Crippen LogP contribution is -2.38. The van der Waals surface area contributed by atoms with Gasteiger partial charge >= 0.3 is 0 Å². The van der Waals surface area contributed by atoms with Crippen molar-refractivity contribution in [1.82, 2.24) is 0 Å². The van der Waals surface area contributed by atoms with Crippen molar-refractivity contribution in [2.75, 3.05) is 28.6 Å². The molecule has 0 saturated heterocycles. The van der Waals surface area contributed by atoms with Gasteiger partial charge in [-0.05, 0) is 79.9 Å². The molecule has 0 aliphatic carbocycles. The summed E-state index contributed by atoms with van der Waals surface area (Å²) in [7, 11) is -2.77. The second kappa shape index (κ2) is 10.6. The van der Waals surface area contributed by atoms with Gasteiger partial charge in [-0.3, -0.25) is 13.9 Å². The van der Waals surface area contributed by atoms with Crippen molar-refractivity contribution < 1.29 is 22.7 Å². The summed E-state index contributed by atoms with van der Waals surface area (Å²) in [5.41, 5.74) is 3.92. The minimum Gasteiger partial charge on any atom is -0.495 e. The number of benzene rings is 3. The molecule has 3 aromatic rings. The van der Waals surface area contributed by atoms with Gasteiger partial charge in [0.15, 0.2) is 0 Å². The van der Waals surface area contributed by atoms with Crippen molar-refractivity contribution in [2.24, 2.45) is 0 Å². The molecule has 0 aliphatic rings. The van der Waals surface area contributed by atoms with E-state index >= 15 is 0 Å². The van der Waals surface area contributed by atoms with Crippen LogP contribution >= 0.6 is 0 Å². The molecule has 0 aliphatic heterocycles. The number of hydrogen-bond acceptors (Lipinski definition) is 5. The van der Waals surface area contributed by atoms with Crippen molar-refractivity contribution in [2.45, 2.75) is 32.6 Å². The fourth-order valence-electron chi connectivity index (χ4n) is 3.51. The molecule has 2 amide bonds. The molecule has 35 heavy (non-hydrogen) atoms. The van der Waals surface area contributed by atoms with E-state index in [4.69, 9.17) is 4.74 Å². The molecule has 8 nitrogen and oxygen atoms in total. The van der Waals surface area contributed by atoms with Crippen LogP contribution in [0.5, 0.6) is 5.75 Å². The number of methoxy groups -OCH3 is 1. The average Bonchev–Trinajstić information content (AvgIpc) is 2.79. The van der Waals surface area contributed by atoms with Gasteiger partial charge in [-0.25, -0.2) is 8.42 Å². The van der Waals surface area contributed by atoms with Crippen molar-refractivity contribution in [3.63, 3.8) is 0 Å². The van der Waals surface area contributed by atoms with Crippen LogP contribution in [-0.2, 0) is 19.6 Å². The Morgan fingerprint density at radius 2 is 1.57 bits per heavy atom. The first-order valence-corrected chi connectivity index (χ1v) is 12.4. The number of ether oxygens (including phenoxy) is 1. The number of rotatable bonds is 8. The summed E-state index contributed by atoms with van der Waals surface area (Å²) in [6.45, 7) is 6.51. The van der Waals surface area contributed by atoms with E-state index in [1.165, 1.54) is 20.1 Å². The van der Waals surface area contributed by atoms with Crippen LogP contribution in [0, 0.1) is 20.8 Å². The summed E-state index contributed by atoms with van der Waals surface area (Å²) >= 11 is 0. The Bertz CT molecular complexity index is 1370. The zero-order chi connectivity index (χ0) is 25.8. The van der Waals surface area contributed by atoms with Crippen molar-refractivity contribution in [3.8, 4) is 5.75 Å². The highest BCUT2D eigenvalue weighted by Crippen LogP contribution is 2.31. The van der Waals surface area contributed by atoms with E-state index in [9.17, 15) is 18.0 Å². The fourth-order valence-corrected chi connectivity index (χ4v) is 5.17. The lowest BCUT2D eigenvalue weighted by atomic mass is 10.1. The summed E-state index contributed by atoms with van der Waals surface area (Å²) in [6.07, 6.45) is 0. The Kier molecular flexibility index (Phi) is 7.81. The molecule has 0 atom stereocenters. The number of amides is 2. The third-order valence-corrected chi connectivity index (χ3v) is 7.21. The standard InChI is InChI=1S/C26H29N3O5S/c1-17-9-12-24(34-5)25(13-17)35(32,33)29(23-11-10-18(2)19(3)14-23)16-26(31)28-22-8-6-7-21(15-22)27-20(4)30/h6-15H,16H2,1-5H3,(H,27,30)(H,28,31). The van der Waals surface area contributed by atoms with Gasteiger partial charge in [-0.1, -0.05) is 18.2 Å². The second-order valence-corrected chi connectivity index (χ2v) is 10.1. The Morgan fingerprint density at radius 1 is 0.886 bits per heavy atom. The fraction of sp³-hybridized carbons (Fsp3) is 0.231. The molecule has 0 heterocycles. The number of nitrogens with zero attached hydrogens (tertiary/aromatic N) is 1. The number of aryl methyl sites for hydroxylation is 3. The third kappa shape index (κ3) is 6.19. The van der Waals surface area contributed by atoms with Gasteiger partial charge in [0.2, 0.25) is 11.8 Å². The lowest BCUT2D eigenvalue weighted by molar-refractivity contribution is -0.115.